The molecule has 104 valence electrons. The van der Waals surface area contributed by atoms with Crippen molar-refractivity contribution in [3.05, 3.63) is 35.4 Å². The first-order valence-electron chi connectivity index (χ1n) is 7.76. The van der Waals surface area contributed by atoms with Gasteiger partial charge in [0.2, 0.25) is 0 Å². The maximum absolute atomic E-state index is 11.0. The predicted molar refractivity (Wildman–Crippen MR) is 77.8 cm³/mol. The van der Waals surface area contributed by atoms with Gasteiger partial charge in [-0.05, 0) is 42.7 Å². The van der Waals surface area contributed by atoms with Crippen LogP contribution in [0.4, 0.5) is 0 Å². The van der Waals surface area contributed by atoms with Gasteiger partial charge in [-0.2, -0.15) is 0 Å². The normalized spacial score (nSPS) is 34.2. The van der Waals surface area contributed by atoms with E-state index in [1.54, 1.807) is 0 Å². The lowest BCUT2D eigenvalue weighted by atomic mass is 9.72. The Hall–Kier alpha value is -0.860. The molecule has 0 saturated heterocycles. The Labute approximate surface area is 116 Å². The Bertz CT molecular complexity index is 435. The summed E-state index contributed by atoms with van der Waals surface area (Å²) < 4.78 is 0. The van der Waals surface area contributed by atoms with Gasteiger partial charge < -0.3 is 10.4 Å². The van der Waals surface area contributed by atoms with E-state index in [4.69, 9.17) is 0 Å². The highest BCUT2D eigenvalue weighted by atomic mass is 16.3. The summed E-state index contributed by atoms with van der Waals surface area (Å²) in [5.74, 6) is 0.835. The minimum absolute atomic E-state index is 0.145. The zero-order valence-corrected chi connectivity index (χ0v) is 11.9. The average Bonchev–Trinajstić information content (AvgIpc) is 2.86. The van der Waals surface area contributed by atoms with Crippen LogP contribution in [-0.2, 0) is 6.54 Å². The third-order valence-corrected chi connectivity index (χ3v) is 5.07. The van der Waals surface area contributed by atoms with Gasteiger partial charge in [0.05, 0.1) is 11.6 Å². The quantitative estimate of drug-likeness (QED) is 0.870. The van der Waals surface area contributed by atoms with Crippen LogP contribution in [0.25, 0.3) is 0 Å². The van der Waals surface area contributed by atoms with Crippen molar-refractivity contribution in [3.8, 4) is 0 Å². The topological polar surface area (TPSA) is 32.3 Å². The molecule has 2 aliphatic rings. The van der Waals surface area contributed by atoms with Crippen molar-refractivity contribution in [3.63, 3.8) is 0 Å². The zero-order valence-electron chi connectivity index (χ0n) is 11.9. The molecule has 0 aromatic heterocycles. The van der Waals surface area contributed by atoms with E-state index in [-0.39, 0.29) is 6.04 Å². The number of hydrogen-bond acceptors (Lipinski definition) is 2. The fraction of sp³-hybridized carbons (Fsp3) is 0.647. The summed E-state index contributed by atoms with van der Waals surface area (Å²) >= 11 is 0. The number of rotatable bonds is 3. The number of hydrogen-bond donors (Lipinski definition) is 2. The summed E-state index contributed by atoms with van der Waals surface area (Å²) in [5, 5.41) is 14.6. The van der Waals surface area contributed by atoms with E-state index in [0.717, 1.165) is 25.3 Å². The van der Waals surface area contributed by atoms with Crippen LogP contribution < -0.4 is 5.32 Å². The first-order valence-corrected chi connectivity index (χ1v) is 7.76. The van der Waals surface area contributed by atoms with Gasteiger partial charge in [-0.15, -0.1) is 0 Å². The number of aliphatic hydroxyl groups is 1. The SMILES string of the molecule is CCCC1CCC(O)(C2NCc3ccccc32)CC1. The van der Waals surface area contributed by atoms with Crippen molar-refractivity contribution in [1.82, 2.24) is 5.32 Å². The molecule has 1 aliphatic carbocycles. The van der Waals surface area contributed by atoms with Gasteiger partial charge in [-0.3, -0.25) is 0 Å². The van der Waals surface area contributed by atoms with Crippen LogP contribution in [-0.4, -0.2) is 10.7 Å². The Morgan fingerprint density at radius 1 is 1.26 bits per heavy atom. The minimum atomic E-state index is -0.531. The van der Waals surface area contributed by atoms with Gasteiger partial charge in [-0.25, -0.2) is 0 Å². The Kier molecular flexibility index (Phi) is 3.64. The molecule has 1 saturated carbocycles. The van der Waals surface area contributed by atoms with Crippen LogP contribution in [0, 0.1) is 5.92 Å². The van der Waals surface area contributed by atoms with Crippen LogP contribution in [0.3, 0.4) is 0 Å². The molecule has 2 N–H and O–H groups in total. The molecule has 0 spiro atoms. The summed E-state index contributed by atoms with van der Waals surface area (Å²) in [6.45, 7) is 3.16. The van der Waals surface area contributed by atoms with Crippen LogP contribution in [0.5, 0.6) is 0 Å². The summed E-state index contributed by atoms with van der Waals surface area (Å²) in [7, 11) is 0. The molecule has 1 aliphatic heterocycles. The van der Waals surface area contributed by atoms with E-state index in [9.17, 15) is 5.11 Å². The number of benzene rings is 1. The minimum Gasteiger partial charge on any atom is -0.388 e. The second kappa shape index (κ2) is 5.26. The summed E-state index contributed by atoms with van der Waals surface area (Å²) in [6.07, 6.45) is 6.86. The maximum Gasteiger partial charge on any atom is 0.0842 e. The largest absolute Gasteiger partial charge is 0.388 e. The maximum atomic E-state index is 11.0. The van der Waals surface area contributed by atoms with Crippen molar-refractivity contribution in [2.24, 2.45) is 5.92 Å². The van der Waals surface area contributed by atoms with E-state index in [2.05, 4.69) is 36.5 Å². The highest BCUT2D eigenvalue weighted by molar-refractivity contribution is 5.36. The third-order valence-electron chi connectivity index (χ3n) is 5.07. The molecule has 19 heavy (non-hydrogen) atoms. The fourth-order valence-electron chi connectivity index (χ4n) is 3.94. The summed E-state index contributed by atoms with van der Waals surface area (Å²) in [6, 6.07) is 8.67. The summed E-state index contributed by atoms with van der Waals surface area (Å²) in [5.41, 5.74) is 2.15. The third kappa shape index (κ3) is 2.44. The Balaban J connectivity index is 1.73. The monoisotopic (exact) mass is 259 g/mol. The molecule has 1 aromatic carbocycles. The lowest BCUT2D eigenvalue weighted by molar-refractivity contribution is -0.0407. The van der Waals surface area contributed by atoms with Gasteiger partial charge in [0.25, 0.3) is 0 Å². The van der Waals surface area contributed by atoms with Gasteiger partial charge in [0.1, 0.15) is 0 Å². The molecule has 0 bridgehead atoms. The summed E-state index contributed by atoms with van der Waals surface area (Å²) in [4.78, 5) is 0. The van der Waals surface area contributed by atoms with Crippen molar-refractivity contribution >= 4 is 0 Å². The average molecular weight is 259 g/mol. The van der Waals surface area contributed by atoms with E-state index < -0.39 is 5.60 Å². The zero-order chi connectivity index (χ0) is 13.3. The van der Waals surface area contributed by atoms with Crippen LogP contribution in [0.15, 0.2) is 24.3 Å². The van der Waals surface area contributed by atoms with Crippen molar-refractivity contribution in [1.29, 1.82) is 0 Å². The van der Waals surface area contributed by atoms with Crippen LogP contribution in [0.2, 0.25) is 0 Å². The van der Waals surface area contributed by atoms with E-state index in [1.165, 1.54) is 36.8 Å². The first-order chi connectivity index (χ1) is 9.23. The number of nitrogens with one attached hydrogen (secondary N) is 1. The lowest BCUT2D eigenvalue weighted by Crippen LogP contribution is -2.44. The molecule has 1 heterocycles. The van der Waals surface area contributed by atoms with E-state index in [0.29, 0.717) is 0 Å². The van der Waals surface area contributed by atoms with Crippen molar-refractivity contribution < 1.29 is 5.11 Å². The first kappa shape index (κ1) is 13.1. The molecule has 0 amide bonds. The molecular formula is C17H25NO. The highest BCUT2D eigenvalue weighted by Gasteiger charge is 2.43. The van der Waals surface area contributed by atoms with Gasteiger partial charge in [-0.1, -0.05) is 44.0 Å². The van der Waals surface area contributed by atoms with E-state index in [1.807, 2.05) is 0 Å². The van der Waals surface area contributed by atoms with Gasteiger partial charge in [0, 0.05) is 6.54 Å². The van der Waals surface area contributed by atoms with Crippen molar-refractivity contribution in [2.75, 3.05) is 0 Å². The predicted octanol–water partition coefficient (Wildman–Crippen LogP) is 3.55. The van der Waals surface area contributed by atoms with E-state index >= 15 is 0 Å². The Morgan fingerprint density at radius 3 is 2.74 bits per heavy atom. The van der Waals surface area contributed by atoms with Gasteiger partial charge >= 0.3 is 0 Å². The Morgan fingerprint density at radius 2 is 2.00 bits per heavy atom. The second-order valence-corrected chi connectivity index (χ2v) is 6.35. The van der Waals surface area contributed by atoms with Gasteiger partial charge in [0.15, 0.2) is 0 Å². The molecule has 1 aromatic rings. The smallest absolute Gasteiger partial charge is 0.0842 e. The van der Waals surface area contributed by atoms with Crippen molar-refractivity contribution in [2.45, 2.75) is 63.6 Å². The lowest BCUT2D eigenvalue weighted by Gasteiger charge is -2.40. The molecule has 2 nitrogen and oxygen atoms in total. The number of fused-ring (bicyclic) bond motifs is 1. The molecule has 1 atom stereocenters. The molecule has 0 radical (unpaired) electrons. The van der Waals surface area contributed by atoms with Crippen LogP contribution in [0.1, 0.15) is 62.6 Å². The molecular weight excluding hydrogens is 234 g/mol. The molecule has 2 heteroatoms. The fourth-order valence-corrected chi connectivity index (χ4v) is 3.94. The van der Waals surface area contributed by atoms with Crippen LogP contribution >= 0.6 is 0 Å². The highest BCUT2D eigenvalue weighted by Crippen LogP contribution is 2.44. The molecule has 1 fully saturated rings. The second-order valence-electron chi connectivity index (χ2n) is 6.35. The molecule has 1 unspecified atom stereocenters. The molecule has 3 rings (SSSR count). The standard InChI is InChI=1S/C17H25NO/c1-2-5-13-8-10-17(19,11-9-13)16-15-7-4-3-6-14(15)12-18-16/h3-4,6-7,13,16,18-19H,2,5,8-12H2,1H3.